The van der Waals surface area contributed by atoms with E-state index in [-0.39, 0.29) is 54.9 Å². The Morgan fingerprint density at radius 2 is 1.10 bits per heavy atom. The second-order valence-corrected chi connectivity index (χ2v) is 20.7. The Bertz CT molecular complexity index is 2530. The van der Waals surface area contributed by atoms with Gasteiger partial charge in [0.1, 0.15) is 41.8 Å². The van der Waals surface area contributed by atoms with E-state index in [1.54, 1.807) is 57.4 Å². The maximum atomic E-state index is 16.3. The minimum absolute atomic E-state index is 0.0970. The number of carbonyl (C=O) groups is 4. The number of anilines is 2. The topological polar surface area (TPSA) is 181 Å². The molecule has 4 saturated heterocycles. The second kappa shape index (κ2) is 18.9. The molecule has 362 valence electrons. The van der Waals surface area contributed by atoms with Crippen LogP contribution in [0, 0.1) is 5.82 Å². The van der Waals surface area contributed by atoms with E-state index in [9.17, 15) is 19.2 Å². The fraction of sp³-hybridized carbons (Fsp3) is 0.529. The lowest BCUT2D eigenvalue weighted by atomic mass is 10.0. The van der Waals surface area contributed by atoms with Crippen LogP contribution in [0.1, 0.15) is 146 Å². The number of benzene rings is 3. The second-order valence-electron chi connectivity index (χ2n) is 20.7. The molecule has 4 N–H and O–H groups in total. The van der Waals surface area contributed by atoms with Gasteiger partial charge in [0.15, 0.2) is 0 Å². The molecule has 3 aromatic carbocycles. The number of hydrogen-bond donors (Lipinski definition) is 4. The van der Waals surface area contributed by atoms with Gasteiger partial charge in [-0.1, -0.05) is 12.1 Å². The number of alkyl carbamates (subject to hydrolysis) is 2. The number of ether oxygens (including phenoxy) is 2. The Kier molecular flexibility index (Phi) is 13.0. The number of rotatable bonds is 10. The summed E-state index contributed by atoms with van der Waals surface area (Å²) in [5.41, 5.74) is 5.50. The molecule has 4 aliphatic rings. The van der Waals surface area contributed by atoms with E-state index >= 15 is 4.39 Å². The maximum absolute atomic E-state index is 16.3. The summed E-state index contributed by atoms with van der Waals surface area (Å²) in [5, 5.41) is 5.20. The zero-order valence-corrected chi connectivity index (χ0v) is 40.1. The lowest BCUT2D eigenvalue weighted by Gasteiger charge is -2.34. The molecule has 4 atom stereocenters. The number of aromatic amines is 2. The summed E-state index contributed by atoms with van der Waals surface area (Å²) in [7, 11) is 0. The van der Waals surface area contributed by atoms with Crippen LogP contribution in [0.5, 0.6) is 0 Å². The number of amides is 4. The van der Waals surface area contributed by atoms with Gasteiger partial charge in [0, 0.05) is 31.9 Å². The van der Waals surface area contributed by atoms with Crippen molar-refractivity contribution < 1.29 is 33.0 Å². The summed E-state index contributed by atoms with van der Waals surface area (Å²) < 4.78 is 27.0. The quantitative estimate of drug-likeness (QED) is 0.106. The number of likely N-dealkylation sites (tertiary alicyclic amines) is 2. The predicted octanol–water partition coefficient (Wildman–Crippen LogP) is 9.03. The highest BCUT2D eigenvalue weighted by Crippen LogP contribution is 2.48. The Morgan fingerprint density at radius 1 is 0.618 bits per heavy atom. The minimum Gasteiger partial charge on any atom is -0.444 e. The summed E-state index contributed by atoms with van der Waals surface area (Å²) in [4.78, 5) is 76.5. The highest BCUT2D eigenvalue weighted by atomic mass is 19.1. The Morgan fingerprint density at radius 3 is 1.56 bits per heavy atom. The third-order valence-electron chi connectivity index (χ3n) is 13.5. The van der Waals surface area contributed by atoms with Gasteiger partial charge in [0.25, 0.3) is 0 Å². The monoisotopic (exact) mass is 933 g/mol. The van der Waals surface area contributed by atoms with Crippen LogP contribution in [0.3, 0.4) is 0 Å². The summed E-state index contributed by atoms with van der Waals surface area (Å²) in [6.07, 6.45) is 6.73. The fourth-order valence-electron chi connectivity index (χ4n) is 10.5. The van der Waals surface area contributed by atoms with Crippen LogP contribution in [-0.4, -0.2) is 104 Å². The van der Waals surface area contributed by atoms with Crippen LogP contribution in [0.4, 0.5) is 25.4 Å². The van der Waals surface area contributed by atoms with Crippen molar-refractivity contribution in [3.63, 3.8) is 0 Å². The van der Waals surface area contributed by atoms with Crippen molar-refractivity contribution in [3.05, 3.63) is 83.2 Å². The standard InChI is InChI=1S/C51H65FN10O6/c1-50(2,3)67-48(65)53-29-44(63)60-24-10-12-42(60)46-55-35-17-14-31(26-37(35)57-46)39-20-21-40(62(39)33-16-19-41(34(52)28-33)59-22-8-7-9-23-59)32-15-18-36-38(27-32)58-47(56-36)43-13-11-25-61(43)45(64)30-54-49(66)68-51(4,5)6/h14-19,26-28,39-40,42-43H,7-13,20-25,29-30H2,1-6H3,(H,53,65)(H,54,66)(H,55,57)(H,56,58)/t39-,40-,42-,43-/m0/s1. The number of halogens is 1. The van der Waals surface area contributed by atoms with Gasteiger partial charge in [0.2, 0.25) is 11.8 Å². The lowest BCUT2D eigenvalue weighted by molar-refractivity contribution is -0.132. The SMILES string of the molecule is CC(C)(C)OC(=O)NCC(=O)N1CCC[C@H]1c1nc2ccc([C@@H]3CC[C@@H](c4ccc5nc([C@@H]6CCCN6C(=O)CNC(=O)OC(C)(C)C)[nH]c5c4)N3c3ccc(N4CCCCC4)c(F)c3)cc2[nH]1. The summed E-state index contributed by atoms with van der Waals surface area (Å²) in [6.45, 7) is 13.1. The number of aromatic nitrogens is 4. The first kappa shape index (κ1) is 46.7. The van der Waals surface area contributed by atoms with Gasteiger partial charge in [-0.2, -0.15) is 0 Å². The van der Waals surface area contributed by atoms with Crippen LogP contribution < -0.4 is 20.4 Å². The molecule has 4 amide bonds. The summed E-state index contributed by atoms with van der Waals surface area (Å²) >= 11 is 0. The third-order valence-corrected chi connectivity index (χ3v) is 13.5. The maximum Gasteiger partial charge on any atom is 0.408 e. The normalized spacial score (nSPS) is 21.2. The van der Waals surface area contributed by atoms with E-state index in [1.807, 2.05) is 18.2 Å². The van der Waals surface area contributed by atoms with Crippen molar-refractivity contribution >= 4 is 57.4 Å². The number of piperidine rings is 1. The number of fused-ring (bicyclic) bond motifs is 2. The van der Waals surface area contributed by atoms with Crippen molar-refractivity contribution in [1.82, 2.24) is 40.4 Å². The highest BCUT2D eigenvalue weighted by Gasteiger charge is 2.38. The van der Waals surface area contributed by atoms with Gasteiger partial charge in [-0.3, -0.25) is 9.59 Å². The van der Waals surface area contributed by atoms with Crippen LogP contribution in [0.15, 0.2) is 54.6 Å². The number of hydrogen-bond acceptors (Lipinski definition) is 10. The van der Waals surface area contributed by atoms with Crippen molar-refractivity contribution in [2.24, 2.45) is 0 Å². The molecule has 0 radical (unpaired) electrons. The molecule has 4 aliphatic heterocycles. The minimum atomic E-state index is -0.671. The predicted molar refractivity (Wildman–Crippen MR) is 258 cm³/mol. The average molecular weight is 933 g/mol. The lowest BCUT2D eigenvalue weighted by Crippen LogP contribution is -2.41. The van der Waals surface area contributed by atoms with Gasteiger partial charge >= 0.3 is 12.2 Å². The first-order valence-electron chi connectivity index (χ1n) is 24.3. The molecule has 4 fully saturated rings. The van der Waals surface area contributed by atoms with Crippen LogP contribution in [0.25, 0.3) is 22.1 Å². The molecular weight excluding hydrogens is 868 g/mol. The van der Waals surface area contributed by atoms with E-state index in [0.29, 0.717) is 30.4 Å². The van der Waals surface area contributed by atoms with Crippen molar-refractivity contribution in [2.45, 2.75) is 135 Å². The van der Waals surface area contributed by atoms with Crippen LogP contribution in [0.2, 0.25) is 0 Å². The number of imidazole rings is 2. The molecule has 9 rings (SSSR count). The zero-order valence-electron chi connectivity index (χ0n) is 40.1. The van der Waals surface area contributed by atoms with Crippen molar-refractivity contribution in [1.29, 1.82) is 0 Å². The molecule has 0 bridgehead atoms. The van der Waals surface area contributed by atoms with Crippen molar-refractivity contribution in [2.75, 3.05) is 49.1 Å². The van der Waals surface area contributed by atoms with Crippen LogP contribution >= 0.6 is 0 Å². The van der Waals surface area contributed by atoms with E-state index in [4.69, 9.17) is 19.4 Å². The number of H-pyrrole nitrogens is 2. The molecule has 0 unspecified atom stereocenters. The Hall–Kier alpha value is -6.39. The van der Waals surface area contributed by atoms with E-state index in [0.717, 1.165) is 110 Å². The molecular formula is C51H65FN10O6. The molecule has 16 nitrogen and oxygen atoms in total. The Labute approximate surface area is 396 Å². The highest BCUT2D eigenvalue weighted by molar-refractivity contribution is 5.84. The van der Waals surface area contributed by atoms with Crippen LogP contribution in [-0.2, 0) is 19.1 Å². The molecule has 0 aliphatic carbocycles. The van der Waals surface area contributed by atoms with Gasteiger partial charge < -0.3 is 49.7 Å². The van der Waals surface area contributed by atoms with E-state index in [1.165, 1.54) is 0 Å². The summed E-state index contributed by atoms with van der Waals surface area (Å²) in [5.74, 6) is 0.772. The number of nitrogens with zero attached hydrogens (tertiary/aromatic N) is 6. The molecule has 6 heterocycles. The zero-order chi connectivity index (χ0) is 47.9. The largest absolute Gasteiger partial charge is 0.444 e. The molecule has 5 aromatic rings. The van der Waals surface area contributed by atoms with Crippen molar-refractivity contribution in [3.8, 4) is 0 Å². The van der Waals surface area contributed by atoms with E-state index < -0.39 is 23.4 Å². The average Bonchev–Trinajstić information content (AvgIpc) is 4.14. The molecule has 0 spiro atoms. The molecule has 2 aromatic heterocycles. The van der Waals surface area contributed by atoms with Gasteiger partial charge in [-0.15, -0.1) is 0 Å². The first-order valence-corrected chi connectivity index (χ1v) is 24.3. The number of carbonyl (C=O) groups excluding carboxylic acids is 4. The molecule has 0 saturated carbocycles. The van der Waals surface area contributed by atoms with Gasteiger partial charge in [-0.25, -0.2) is 23.9 Å². The molecule has 17 heteroatoms. The smallest absolute Gasteiger partial charge is 0.408 e. The fourth-order valence-corrected chi connectivity index (χ4v) is 10.5. The van der Waals surface area contributed by atoms with Gasteiger partial charge in [-0.05, 0) is 153 Å². The third kappa shape index (κ3) is 10.2. The molecule has 68 heavy (non-hydrogen) atoms. The van der Waals surface area contributed by atoms with Gasteiger partial charge in [0.05, 0.1) is 51.9 Å². The van der Waals surface area contributed by atoms with E-state index in [2.05, 4.69) is 60.7 Å². The number of nitrogens with one attached hydrogen (secondary N) is 4. The Balaban J connectivity index is 0.975. The first-order chi connectivity index (χ1) is 32.5. The summed E-state index contributed by atoms with van der Waals surface area (Å²) in [6, 6.07) is 17.5.